The molecule has 7 nitrogen and oxygen atoms in total. The van der Waals surface area contributed by atoms with Gasteiger partial charge in [0, 0.05) is 6.54 Å². The molecule has 6 N–H and O–H groups in total. The third kappa shape index (κ3) is 18.3. The van der Waals surface area contributed by atoms with Gasteiger partial charge in [-0.1, -0.05) is 0 Å². The van der Waals surface area contributed by atoms with E-state index < -0.39 is 10.4 Å². The minimum Gasteiger partial charge on any atom is -0.370 e. The van der Waals surface area contributed by atoms with E-state index in [2.05, 4.69) is 5.32 Å². The van der Waals surface area contributed by atoms with Crippen molar-refractivity contribution < 1.29 is 17.5 Å². The Morgan fingerprint density at radius 1 is 1.54 bits per heavy atom. The molecule has 0 heterocycles. The van der Waals surface area contributed by atoms with Crippen molar-refractivity contribution >= 4 is 16.4 Å². The molecule has 0 aromatic carbocycles. The number of rotatable bonds is 2. The molecule has 13 heavy (non-hydrogen) atoms. The lowest BCUT2D eigenvalue weighted by Gasteiger charge is -1.98. The standard InChI is InChI=1S/C5H11N3.H2O4S/c6-5(7)8-3-4-1-2-4;1-5(2,3)4/h4H,1-3H2,(H4,6,7,8);(H2,1,2,3,4). The summed E-state index contributed by atoms with van der Waals surface area (Å²) < 4.78 is 31.6. The maximum atomic E-state index is 8.74. The van der Waals surface area contributed by atoms with Crippen LogP contribution in [0, 0.1) is 11.3 Å². The van der Waals surface area contributed by atoms with Gasteiger partial charge in [0.25, 0.3) is 0 Å². The van der Waals surface area contributed by atoms with E-state index in [4.69, 9.17) is 28.7 Å². The van der Waals surface area contributed by atoms with Gasteiger partial charge in [0.2, 0.25) is 0 Å². The summed E-state index contributed by atoms with van der Waals surface area (Å²) in [5.74, 6) is 0.899. The van der Waals surface area contributed by atoms with Gasteiger partial charge >= 0.3 is 10.4 Å². The van der Waals surface area contributed by atoms with Crippen LogP contribution >= 0.6 is 0 Å². The normalized spacial score (nSPS) is 15.5. The Labute approximate surface area is 76.4 Å². The Hall–Kier alpha value is -0.860. The number of nitrogens with one attached hydrogen (secondary N) is 2. The highest BCUT2D eigenvalue weighted by molar-refractivity contribution is 7.79. The van der Waals surface area contributed by atoms with E-state index in [0.29, 0.717) is 0 Å². The van der Waals surface area contributed by atoms with Gasteiger partial charge in [-0.3, -0.25) is 14.5 Å². The van der Waals surface area contributed by atoms with Crippen LogP contribution < -0.4 is 11.1 Å². The van der Waals surface area contributed by atoms with Gasteiger partial charge in [-0.05, 0) is 18.8 Å². The molecule has 0 aromatic heterocycles. The zero-order valence-electron chi connectivity index (χ0n) is 6.90. The summed E-state index contributed by atoms with van der Waals surface area (Å²) in [4.78, 5) is 0. The zero-order chi connectivity index (χ0) is 10.5. The lowest BCUT2D eigenvalue weighted by Crippen LogP contribution is -2.31. The highest BCUT2D eigenvalue weighted by Crippen LogP contribution is 2.27. The molecule has 0 amide bonds. The lowest BCUT2D eigenvalue weighted by atomic mass is 10.4. The second kappa shape index (κ2) is 5.00. The first-order valence-electron chi connectivity index (χ1n) is 3.57. The molecule has 1 aliphatic rings. The zero-order valence-corrected chi connectivity index (χ0v) is 7.71. The fraction of sp³-hybridized carbons (Fsp3) is 0.800. The van der Waals surface area contributed by atoms with Crippen molar-refractivity contribution in [1.82, 2.24) is 5.32 Å². The molecule has 8 heteroatoms. The Morgan fingerprint density at radius 3 is 2.15 bits per heavy atom. The molecule has 0 aromatic rings. The van der Waals surface area contributed by atoms with E-state index in [1.807, 2.05) is 0 Å². The molecule has 1 fully saturated rings. The van der Waals surface area contributed by atoms with Crippen LogP contribution in [0.2, 0.25) is 0 Å². The van der Waals surface area contributed by atoms with Crippen LogP contribution in [0.25, 0.3) is 0 Å². The maximum Gasteiger partial charge on any atom is 0.394 e. The average Bonchev–Trinajstić information content (AvgIpc) is 2.60. The second-order valence-electron chi connectivity index (χ2n) is 2.69. The molecule has 78 valence electrons. The van der Waals surface area contributed by atoms with E-state index in [-0.39, 0.29) is 5.96 Å². The van der Waals surface area contributed by atoms with Gasteiger partial charge in [-0.2, -0.15) is 8.42 Å². The first-order chi connectivity index (χ1) is 5.79. The van der Waals surface area contributed by atoms with Crippen LogP contribution in [0.5, 0.6) is 0 Å². The van der Waals surface area contributed by atoms with Gasteiger partial charge in [-0.15, -0.1) is 0 Å². The Bertz CT molecular complexity index is 251. The molecule has 0 atom stereocenters. The summed E-state index contributed by atoms with van der Waals surface area (Å²) in [5, 5.41) is 9.55. The number of hydrogen-bond acceptors (Lipinski definition) is 3. The molecule has 0 unspecified atom stereocenters. The van der Waals surface area contributed by atoms with Crippen molar-refractivity contribution in [1.29, 1.82) is 5.41 Å². The Kier molecular flexibility index (Phi) is 4.67. The SMILES string of the molecule is N=C(N)NCC1CC1.O=S(=O)(O)O. The highest BCUT2D eigenvalue weighted by Gasteiger charge is 2.20. The Morgan fingerprint density at radius 2 is 1.92 bits per heavy atom. The molecule has 0 saturated heterocycles. The van der Waals surface area contributed by atoms with Crippen molar-refractivity contribution in [2.75, 3.05) is 6.54 Å². The molecular weight excluding hydrogens is 198 g/mol. The van der Waals surface area contributed by atoms with E-state index in [1.165, 1.54) is 12.8 Å². The fourth-order valence-corrected chi connectivity index (χ4v) is 0.576. The second-order valence-corrected chi connectivity index (χ2v) is 3.58. The van der Waals surface area contributed by atoms with Crippen molar-refractivity contribution in [3.63, 3.8) is 0 Å². The van der Waals surface area contributed by atoms with Crippen molar-refractivity contribution in [2.45, 2.75) is 12.8 Å². The van der Waals surface area contributed by atoms with Crippen LogP contribution in [0.4, 0.5) is 0 Å². The molecule has 0 bridgehead atoms. The smallest absolute Gasteiger partial charge is 0.370 e. The quantitative estimate of drug-likeness (QED) is 0.231. The van der Waals surface area contributed by atoms with E-state index >= 15 is 0 Å². The molecule has 0 spiro atoms. The van der Waals surface area contributed by atoms with Crippen LogP contribution in [0.3, 0.4) is 0 Å². The largest absolute Gasteiger partial charge is 0.394 e. The van der Waals surface area contributed by atoms with Gasteiger partial charge in [0.1, 0.15) is 0 Å². The third-order valence-corrected chi connectivity index (χ3v) is 1.28. The minimum atomic E-state index is -4.67. The molecule has 1 saturated carbocycles. The van der Waals surface area contributed by atoms with E-state index in [0.717, 1.165) is 12.5 Å². The van der Waals surface area contributed by atoms with Gasteiger partial charge in [0.15, 0.2) is 5.96 Å². The minimum absolute atomic E-state index is 0.0944. The summed E-state index contributed by atoms with van der Waals surface area (Å²) in [6.45, 7) is 0.898. The predicted octanol–water partition coefficient (Wildman–Crippen LogP) is -0.773. The summed E-state index contributed by atoms with van der Waals surface area (Å²) >= 11 is 0. The van der Waals surface area contributed by atoms with Gasteiger partial charge < -0.3 is 11.1 Å². The van der Waals surface area contributed by atoms with Crippen molar-refractivity contribution in [3.8, 4) is 0 Å². The van der Waals surface area contributed by atoms with Crippen LogP contribution in [-0.4, -0.2) is 30.0 Å². The molecule has 0 radical (unpaired) electrons. The van der Waals surface area contributed by atoms with Gasteiger partial charge in [-0.25, -0.2) is 0 Å². The number of nitrogens with two attached hydrogens (primary N) is 1. The summed E-state index contributed by atoms with van der Waals surface area (Å²) in [5.41, 5.74) is 5.04. The topological polar surface area (TPSA) is 136 Å². The first-order valence-corrected chi connectivity index (χ1v) is 4.96. The first kappa shape index (κ1) is 12.1. The molecule has 0 aliphatic heterocycles. The average molecular weight is 211 g/mol. The summed E-state index contributed by atoms with van der Waals surface area (Å²) in [6.07, 6.45) is 2.61. The summed E-state index contributed by atoms with van der Waals surface area (Å²) in [6, 6.07) is 0. The van der Waals surface area contributed by atoms with Gasteiger partial charge in [0.05, 0.1) is 0 Å². The van der Waals surface area contributed by atoms with Crippen molar-refractivity contribution in [3.05, 3.63) is 0 Å². The number of guanidine groups is 1. The monoisotopic (exact) mass is 211 g/mol. The third-order valence-electron chi connectivity index (χ3n) is 1.28. The number of hydrogen-bond donors (Lipinski definition) is 5. The van der Waals surface area contributed by atoms with Crippen LogP contribution in [0.1, 0.15) is 12.8 Å². The molecular formula is C5H13N3O4S. The van der Waals surface area contributed by atoms with Crippen molar-refractivity contribution in [2.24, 2.45) is 11.7 Å². The Balaban J connectivity index is 0.000000252. The van der Waals surface area contributed by atoms with E-state index in [1.54, 1.807) is 0 Å². The molecule has 1 rings (SSSR count). The highest BCUT2D eigenvalue weighted by atomic mass is 32.3. The lowest BCUT2D eigenvalue weighted by molar-refractivity contribution is 0.381. The predicted molar refractivity (Wildman–Crippen MR) is 46.8 cm³/mol. The maximum absolute atomic E-state index is 8.74. The van der Waals surface area contributed by atoms with E-state index in [9.17, 15) is 0 Å². The van der Waals surface area contributed by atoms with Crippen LogP contribution in [0.15, 0.2) is 0 Å². The van der Waals surface area contributed by atoms with Crippen LogP contribution in [-0.2, 0) is 10.4 Å². The summed E-state index contributed by atoms with van der Waals surface area (Å²) in [7, 11) is -4.67. The fourth-order valence-electron chi connectivity index (χ4n) is 0.576. The molecule has 1 aliphatic carbocycles.